The molecule has 0 fully saturated rings. The molecule has 2 aromatic rings. The Morgan fingerprint density at radius 3 is 2.70 bits per heavy atom. The monoisotopic (exact) mass is 332 g/mol. The van der Waals surface area contributed by atoms with Crippen LogP contribution in [-0.4, -0.2) is 19.6 Å². The summed E-state index contributed by atoms with van der Waals surface area (Å²) in [5, 5.41) is 6.29. The third-order valence-corrected chi connectivity index (χ3v) is 3.94. The summed E-state index contributed by atoms with van der Waals surface area (Å²) in [5.41, 5.74) is 4.26. The van der Waals surface area contributed by atoms with E-state index in [-0.39, 0.29) is 18.3 Å². The maximum absolute atomic E-state index is 12.5. The lowest BCUT2D eigenvalue weighted by atomic mass is 10.0. The van der Waals surface area contributed by atoms with Gasteiger partial charge in [0.15, 0.2) is 6.10 Å². The van der Waals surface area contributed by atoms with E-state index in [9.17, 15) is 4.79 Å². The number of ether oxygens (including phenoxy) is 1. The van der Waals surface area contributed by atoms with Crippen molar-refractivity contribution in [3.05, 3.63) is 65.2 Å². The van der Waals surface area contributed by atoms with Gasteiger partial charge in [0, 0.05) is 19.3 Å². The summed E-state index contributed by atoms with van der Waals surface area (Å²) in [6.07, 6.45) is 0.434. The van der Waals surface area contributed by atoms with Crippen LogP contribution in [0.2, 0.25) is 0 Å². The highest BCUT2D eigenvalue weighted by Gasteiger charge is 2.20. The number of hydrogen-bond donors (Lipinski definition) is 2. The van der Waals surface area contributed by atoms with Crippen molar-refractivity contribution in [2.45, 2.75) is 19.1 Å². The molecule has 1 aliphatic rings. The van der Waals surface area contributed by atoms with E-state index in [2.05, 4.69) is 16.7 Å². The lowest BCUT2D eigenvalue weighted by Crippen LogP contribution is -2.25. The summed E-state index contributed by atoms with van der Waals surface area (Å²) in [5.74, 6) is -0.155. The van der Waals surface area contributed by atoms with Crippen LogP contribution in [0.4, 0.5) is 5.69 Å². The molecular formula is C18H21ClN2O2. The largest absolute Gasteiger partial charge is 0.367 e. The molecular weight excluding hydrogens is 312 g/mol. The highest BCUT2D eigenvalue weighted by Crippen LogP contribution is 2.22. The average molecular weight is 333 g/mol. The van der Waals surface area contributed by atoms with Crippen LogP contribution in [0.15, 0.2) is 48.5 Å². The molecule has 0 aromatic heterocycles. The summed E-state index contributed by atoms with van der Waals surface area (Å²) in [6.45, 7) is 1.86. The number of nitrogens with one attached hydrogen (secondary N) is 2. The van der Waals surface area contributed by atoms with Crippen molar-refractivity contribution in [3.63, 3.8) is 0 Å². The van der Waals surface area contributed by atoms with Crippen molar-refractivity contribution >= 4 is 24.0 Å². The molecule has 5 heteroatoms. The Morgan fingerprint density at radius 1 is 1.17 bits per heavy atom. The maximum atomic E-state index is 12.5. The van der Waals surface area contributed by atoms with Gasteiger partial charge in [-0.2, -0.15) is 0 Å². The average Bonchev–Trinajstić information content (AvgIpc) is 2.56. The van der Waals surface area contributed by atoms with Crippen molar-refractivity contribution in [1.29, 1.82) is 0 Å². The second-order valence-corrected chi connectivity index (χ2v) is 5.43. The standard InChI is InChI=1S/C18H20N2O2.ClH/c1-22-17(14-5-3-2-4-6-14)18(21)20-16-8-7-13-9-10-19-12-15(13)11-16;/h2-8,11,17,19H,9-10,12H2,1H3,(H,20,21);1H. The highest BCUT2D eigenvalue weighted by molar-refractivity contribution is 5.95. The lowest BCUT2D eigenvalue weighted by molar-refractivity contribution is -0.126. The molecule has 1 heterocycles. The molecule has 1 amide bonds. The number of anilines is 1. The van der Waals surface area contributed by atoms with Crippen LogP contribution in [0.5, 0.6) is 0 Å². The van der Waals surface area contributed by atoms with Crippen LogP contribution < -0.4 is 10.6 Å². The summed E-state index contributed by atoms with van der Waals surface area (Å²) in [6, 6.07) is 15.6. The number of carbonyl (C=O) groups is 1. The van der Waals surface area contributed by atoms with Gasteiger partial charge in [-0.3, -0.25) is 4.79 Å². The van der Waals surface area contributed by atoms with Gasteiger partial charge in [-0.25, -0.2) is 0 Å². The Morgan fingerprint density at radius 2 is 1.96 bits per heavy atom. The van der Waals surface area contributed by atoms with Crippen LogP contribution in [0.1, 0.15) is 22.8 Å². The number of carbonyl (C=O) groups excluding carboxylic acids is 1. The topological polar surface area (TPSA) is 50.4 Å². The zero-order valence-electron chi connectivity index (χ0n) is 13.0. The van der Waals surface area contributed by atoms with E-state index in [1.54, 1.807) is 7.11 Å². The van der Waals surface area contributed by atoms with E-state index >= 15 is 0 Å². The van der Waals surface area contributed by atoms with Crippen LogP contribution in [0, 0.1) is 0 Å². The molecule has 0 spiro atoms. The molecule has 1 atom stereocenters. The third kappa shape index (κ3) is 4.10. The minimum Gasteiger partial charge on any atom is -0.367 e. The minimum absolute atomic E-state index is 0. The SMILES string of the molecule is COC(C(=O)Nc1ccc2c(c1)CNCC2)c1ccccc1.Cl. The summed E-state index contributed by atoms with van der Waals surface area (Å²) in [7, 11) is 1.55. The predicted octanol–water partition coefficient (Wildman–Crippen LogP) is 3.08. The summed E-state index contributed by atoms with van der Waals surface area (Å²) < 4.78 is 5.36. The van der Waals surface area contributed by atoms with Crippen LogP contribution >= 0.6 is 12.4 Å². The Kier molecular flexibility index (Phi) is 6.16. The van der Waals surface area contributed by atoms with Gasteiger partial charge < -0.3 is 15.4 Å². The van der Waals surface area contributed by atoms with Crippen LogP contribution in [-0.2, 0) is 22.5 Å². The van der Waals surface area contributed by atoms with Crippen LogP contribution in [0.3, 0.4) is 0 Å². The molecule has 3 rings (SSSR count). The fourth-order valence-electron chi connectivity index (χ4n) is 2.79. The molecule has 0 saturated heterocycles. The first kappa shape index (κ1) is 17.5. The first-order valence-electron chi connectivity index (χ1n) is 7.49. The van der Waals surface area contributed by atoms with Gasteiger partial charge in [0.05, 0.1) is 0 Å². The van der Waals surface area contributed by atoms with Gasteiger partial charge in [0.25, 0.3) is 5.91 Å². The molecule has 0 aliphatic carbocycles. The molecule has 2 N–H and O–H groups in total. The van der Waals surface area contributed by atoms with Crippen molar-refractivity contribution < 1.29 is 9.53 Å². The molecule has 1 aliphatic heterocycles. The number of rotatable bonds is 4. The smallest absolute Gasteiger partial charge is 0.258 e. The van der Waals surface area contributed by atoms with Gasteiger partial charge >= 0.3 is 0 Å². The Hall–Kier alpha value is -1.88. The normalized spacial score (nSPS) is 14.3. The van der Waals surface area contributed by atoms with Gasteiger partial charge in [0.2, 0.25) is 0 Å². The van der Waals surface area contributed by atoms with E-state index < -0.39 is 6.10 Å². The number of hydrogen-bond acceptors (Lipinski definition) is 3. The van der Waals surface area contributed by atoms with Crippen molar-refractivity contribution in [2.75, 3.05) is 19.0 Å². The first-order valence-corrected chi connectivity index (χ1v) is 7.49. The second-order valence-electron chi connectivity index (χ2n) is 5.43. The number of halogens is 1. The molecule has 23 heavy (non-hydrogen) atoms. The van der Waals surface area contributed by atoms with E-state index in [4.69, 9.17) is 4.74 Å². The summed E-state index contributed by atoms with van der Waals surface area (Å²) in [4.78, 5) is 12.5. The van der Waals surface area contributed by atoms with Crippen molar-refractivity contribution in [3.8, 4) is 0 Å². The molecule has 0 bridgehead atoms. The van der Waals surface area contributed by atoms with E-state index in [1.165, 1.54) is 11.1 Å². The Labute approximate surface area is 142 Å². The molecule has 0 saturated carbocycles. The third-order valence-electron chi connectivity index (χ3n) is 3.94. The highest BCUT2D eigenvalue weighted by atomic mass is 35.5. The van der Waals surface area contributed by atoms with E-state index in [0.29, 0.717) is 0 Å². The zero-order valence-corrected chi connectivity index (χ0v) is 13.9. The van der Waals surface area contributed by atoms with Gasteiger partial charge in [-0.15, -0.1) is 12.4 Å². The second kappa shape index (κ2) is 8.11. The van der Waals surface area contributed by atoms with Crippen molar-refractivity contribution in [2.24, 2.45) is 0 Å². The number of amides is 1. The predicted molar refractivity (Wildman–Crippen MR) is 93.9 cm³/mol. The van der Waals surface area contributed by atoms with Crippen molar-refractivity contribution in [1.82, 2.24) is 5.32 Å². The molecule has 122 valence electrons. The molecule has 0 radical (unpaired) electrons. The quantitative estimate of drug-likeness (QED) is 0.904. The molecule has 1 unspecified atom stereocenters. The van der Waals surface area contributed by atoms with Gasteiger partial charge in [-0.1, -0.05) is 36.4 Å². The molecule has 2 aromatic carbocycles. The van der Waals surface area contributed by atoms with Crippen LogP contribution in [0.25, 0.3) is 0 Å². The fraction of sp³-hybridized carbons (Fsp3) is 0.278. The van der Waals surface area contributed by atoms with E-state index in [1.807, 2.05) is 42.5 Å². The number of fused-ring (bicyclic) bond motifs is 1. The van der Waals surface area contributed by atoms with E-state index in [0.717, 1.165) is 30.8 Å². The number of methoxy groups -OCH3 is 1. The van der Waals surface area contributed by atoms with Gasteiger partial charge in [0.1, 0.15) is 0 Å². The minimum atomic E-state index is -0.602. The zero-order chi connectivity index (χ0) is 15.4. The maximum Gasteiger partial charge on any atom is 0.258 e. The fourth-order valence-corrected chi connectivity index (χ4v) is 2.79. The summed E-state index contributed by atoms with van der Waals surface area (Å²) >= 11 is 0. The molecule has 4 nitrogen and oxygen atoms in total. The first-order chi connectivity index (χ1) is 10.8. The lowest BCUT2D eigenvalue weighted by Gasteiger charge is -2.19. The Bertz CT molecular complexity index is 661. The number of benzene rings is 2. The Balaban J connectivity index is 0.00000192. The van der Waals surface area contributed by atoms with Gasteiger partial charge in [-0.05, 0) is 41.8 Å².